The Labute approximate surface area is 112 Å². The number of benzene rings is 1. The molecule has 0 bridgehead atoms. The molecule has 1 aromatic rings. The molecule has 0 saturated carbocycles. The molecule has 0 aliphatic heterocycles. The monoisotopic (exact) mass is 243 g/mol. The van der Waals surface area contributed by atoms with E-state index in [-0.39, 0.29) is 0 Å². The summed E-state index contributed by atoms with van der Waals surface area (Å²) in [6, 6.07) is 6.44. The lowest BCUT2D eigenvalue weighted by atomic mass is 9.92. The van der Waals surface area contributed by atoms with Crippen LogP contribution in [0.15, 0.2) is 29.8 Å². The van der Waals surface area contributed by atoms with E-state index in [1.165, 1.54) is 16.7 Å². The normalized spacial score (nSPS) is 12.9. The van der Waals surface area contributed by atoms with Crippen molar-refractivity contribution in [2.45, 2.75) is 47.0 Å². The molecule has 1 atom stereocenters. The highest BCUT2D eigenvalue weighted by molar-refractivity contribution is 5.77. The summed E-state index contributed by atoms with van der Waals surface area (Å²) in [5.74, 6) is 0.507. The van der Waals surface area contributed by atoms with Gasteiger partial charge in [-0.15, -0.1) is 0 Å². The van der Waals surface area contributed by atoms with Crippen molar-refractivity contribution in [2.24, 2.45) is 10.9 Å². The fourth-order valence-corrected chi connectivity index (χ4v) is 1.82. The highest BCUT2D eigenvalue weighted by Gasteiger charge is 2.10. The zero-order valence-electron chi connectivity index (χ0n) is 12.2. The fourth-order valence-electron chi connectivity index (χ4n) is 1.82. The van der Waals surface area contributed by atoms with Gasteiger partial charge in [0.05, 0.1) is 5.69 Å². The van der Waals surface area contributed by atoms with Gasteiger partial charge in [-0.3, -0.25) is 4.99 Å². The average Bonchev–Trinajstić information content (AvgIpc) is 2.37. The molecule has 0 fully saturated rings. The Balaban J connectivity index is 3.07. The Morgan fingerprint density at radius 2 is 2.11 bits per heavy atom. The fraction of sp³-hybridized carbons (Fsp3) is 0.471. The van der Waals surface area contributed by atoms with Crippen molar-refractivity contribution < 1.29 is 0 Å². The largest absolute Gasteiger partial charge is 0.261 e. The highest BCUT2D eigenvalue weighted by atomic mass is 14.7. The van der Waals surface area contributed by atoms with Gasteiger partial charge in [0.2, 0.25) is 0 Å². The van der Waals surface area contributed by atoms with Crippen LogP contribution in [0.5, 0.6) is 0 Å². The van der Waals surface area contributed by atoms with Crippen LogP contribution in [0.25, 0.3) is 5.57 Å². The summed E-state index contributed by atoms with van der Waals surface area (Å²) in [7, 11) is 0. The topological polar surface area (TPSA) is 12.4 Å². The Kier molecular flexibility index (Phi) is 5.84. The Bertz CT molecular complexity index is 429. The molecule has 0 N–H and O–H groups in total. The molecule has 1 heteroatoms. The van der Waals surface area contributed by atoms with Crippen LogP contribution in [0.3, 0.4) is 0 Å². The average molecular weight is 243 g/mol. The number of allylic oxidation sites excluding steroid dienone is 1. The zero-order chi connectivity index (χ0) is 13.5. The highest BCUT2D eigenvalue weighted by Crippen LogP contribution is 2.32. The minimum absolute atomic E-state index is 0.507. The number of hydrogen-bond acceptors (Lipinski definition) is 1. The second-order valence-corrected chi connectivity index (χ2v) is 4.96. The molecule has 1 nitrogen and oxygen atoms in total. The van der Waals surface area contributed by atoms with E-state index < -0.39 is 0 Å². The number of nitrogens with zero attached hydrogens (tertiary/aromatic N) is 1. The number of unbranched alkanes of at least 4 members (excludes halogenated alkanes) is 1. The molecule has 1 rings (SSSR count). The predicted octanol–water partition coefficient (Wildman–Crippen LogP) is 5.56. The van der Waals surface area contributed by atoms with Gasteiger partial charge in [-0.2, -0.15) is 0 Å². The van der Waals surface area contributed by atoms with Gasteiger partial charge in [0, 0.05) is 11.8 Å². The molecular weight excluding hydrogens is 218 g/mol. The second kappa shape index (κ2) is 7.15. The van der Waals surface area contributed by atoms with Crippen molar-refractivity contribution in [2.75, 3.05) is 0 Å². The van der Waals surface area contributed by atoms with Gasteiger partial charge in [0.15, 0.2) is 0 Å². The lowest BCUT2D eigenvalue weighted by Gasteiger charge is -2.15. The summed E-state index contributed by atoms with van der Waals surface area (Å²) in [6.45, 7) is 12.9. The maximum Gasteiger partial charge on any atom is 0.0703 e. The van der Waals surface area contributed by atoms with Gasteiger partial charge in [0.1, 0.15) is 0 Å². The molecule has 18 heavy (non-hydrogen) atoms. The van der Waals surface area contributed by atoms with Crippen molar-refractivity contribution in [3.8, 4) is 0 Å². The zero-order valence-corrected chi connectivity index (χ0v) is 12.2. The third-order valence-electron chi connectivity index (χ3n) is 3.35. The van der Waals surface area contributed by atoms with E-state index in [2.05, 4.69) is 57.5 Å². The van der Waals surface area contributed by atoms with Crippen LogP contribution in [-0.4, -0.2) is 6.21 Å². The third kappa shape index (κ3) is 3.83. The smallest absolute Gasteiger partial charge is 0.0703 e. The van der Waals surface area contributed by atoms with Crippen LogP contribution < -0.4 is 0 Å². The number of aliphatic imine (C=N–C) groups is 1. The summed E-state index contributed by atoms with van der Waals surface area (Å²) in [5, 5.41) is 0. The van der Waals surface area contributed by atoms with Crippen molar-refractivity contribution in [3.63, 3.8) is 0 Å². The number of aryl methyl sites for hydroxylation is 1. The molecule has 0 radical (unpaired) electrons. The van der Waals surface area contributed by atoms with Crippen LogP contribution >= 0.6 is 0 Å². The predicted molar refractivity (Wildman–Crippen MR) is 82.7 cm³/mol. The van der Waals surface area contributed by atoms with Crippen LogP contribution in [0.1, 0.15) is 51.2 Å². The van der Waals surface area contributed by atoms with E-state index in [1.54, 1.807) is 0 Å². The minimum Gasteiger partial charge on any atom is -0.261 e. The Hall–Kier alpha value is -1.37. The molecule has 0 heterocycles. The first-order valence-corrected chi connectivity index (χ1v) is 6.92. The lowest BCUT2D eigenvalue weighted by molar-refractivity contribution is 0.719. The van der Waals surface area contributed by atoms with Crippen LogP contribution in [0, 0.1) is 12.8 Å². The first-order valence-electron chi connectivity index (χ1n) is 6.92. The van der Waals surface area contributed by atoms with Gasteiger partial charge in [-0.25, -0.2) is 0 Å². The van der Waals surface area contributed by atoms with Gasteiger partial charge >= 0.3 is 0 Å². The summed E-state index contributed by atoms with van der Waals surface area (Å²) in [6.07, 6.45) is 5.30. The molecule has 0 amide bonds. The van der Waals surface area contributed by atoms with Crippen LogP contribution in [0.4, 0.5) is 5.69 Å². The SMILES string of the molecule is C=C(c1ccc(C)cc1/N=C\CCC)C(C)CC. The molecule has 0 aliphatic rings. The van der Waals surface area contributed by atoms with E-state index in [9.17, 15) is 0 Å². The Morgan fingerprint density at radius 3 is 2.72 bits per heavy atom. The molecule has 1 aromatic carbocycles. The molecule has 0 aromatic heterocycles. The maximum atomic E-state index is 4.61. The van der Waals surface area contributed by atoms with E-state index >= 15 is 0 Å². The molecule has 0 aliphatic carbocycles. The number of hydrogen-bond donors (Lipinski definition) is 0. The minimum atomic E-state index is 0.507. The standard InChI is InChI=1S/C17H25N/c1-6-8-11-18-17-12-13(3)9-10-16(17)15(5)14(4)7-2/h9-12,14H,5-8H2,1-4H3/b18-11-. The van der Waals surface area contributed by atoms with Crippen molar-refractivity contribution >= 4 is 17.5 Å². The maximum absolute atomic E-state index is 4.61. The Morgan fingerprint density at radius 1 is 1.39 bits per heavy atom. The molecular formula is C17H25N. The van der Waals surface area contributed by atoms with Gasteiger partial charge in [-0.05, 0) is 42.9 Å². The van der Waals surface area contributed by atoms with E-state index in [0.29, 0.717) is 5.92 Å². The quantitative estimate of drug-likeness (QED) is 0.580. The molecule has 1 unspecified atom stereocenters. The summed E-state index contributed by atoms with van der Waals surface area (Å²) in [5.41, 5.74) is 4.71. The van der Waals surface area contributed by atoms with E-state index in [0.717, 1.165) is 24.9 Å². The number of rotatable bonds is 6. The second-order valence-electron chi connectivity index (χ2n) is 4.96. The van der Waals surface area contributed by atoms with Gasteiger partial charge in [-0.1, -0.05) is 45.9 Å². The van der Waals surface area contributed by atoms with Gasteiger partial charge < -0.3 is 0 Å². The van der Waals surface area contributed by atoms with E-state index in [4.69, 9.17) is 0 Å². The van der Waals surface area contributed by atoms with Crippen LogP contribution in [0.2, 0.25) is 0 Å². The lowest BCUT2D eigenvalue weighted by Crippen LogP contribution is -1.96. The van der Waals surface area contributed by atoms with Crippen molar-refractivity contribution in [1.29, 1.82) is 0 Å². The summed E-state index contributed by atoms with van der Waals surface area (Å²) >= 11 is 0. The third-order valence-corrected chi connectivity index (χ3v) is 3.35. The van der Waals surface area contributed by atoms with Crippen molar-refractivity contribution in [3.05, 3.63) is 35.9 Å². The van der Waals surface area contributed by atoms with Gasteiger partial charge in [0.25, 0.3) is 0 Å². The molecule has 0 spiro atoms. The molecule has 0 saturated heterocycles. The van der Waals surface area contributed by atoms with Crippen molar-refractivity contribution in [1.82, 2.24) is 0 Å². The summed E-state index contributed by atoms with van der Waals surface area (Å²) in [4.78, 5) is 4.61. The summed E-state index contributed by atoms with van der Waals surface area (Å²) < 4.78 is 0. The van der Waals surface area contributed by atoms with Crippen LogP contribution in [-0.2, 0) is 0 Å². The first-order chi connectivity index (χ1) is 8.60. The molecule has 98 valence electrons. The first kappa shape index (κ1) is 14.7. The van der Waals surface area contributed by atoms with E-state index in [1.807, 2.05) is 6.21 Å².